The van der Waals surface area contributed by atoms with Crippen molar-refractivity contribution in [2.45, 2.75) is 51.5 Å². The van der Waals surface area contributed by atoms with E-state index in [0.29, 0.717) is 6.42 Å². The largest absolute Gasteiger partial charge is 0.469 e. The predicted octanol–water partition coefficient (Wildman–Crippen LogP) is 4.22. The molecule has 0 spiro atoms. The average molecular weight is 316 g/mol. The van der Waals surface area contributed by atoms with Crippen molar-refractivity contribution in [2.75, 3.05) is 7.11 Å². The third-order valence-electron chi connectivity index (χ3n) is 4.31. The summed E-state index contributed by atoms with van der Waals surface area (Å²) in [6.45, 7) is 1.99. The molecule has 1 aromatic heterocycles. The molecule has 1 heterocycles. The number of rotatable bonds is 5. The second-order valence-corrected chi connectivity index (χ2v) is 7.56. The van der Waals surface area contributed by atoms with Gasteiger partial charge in [-0.2, -0.15) is 0 Å². The summed E-state index contributed by atoms with van der Waals surface area (Å²) in [5.74, 6) is -0.125. The fraction of sp³-hybridized carbons (Fsp3) is 0.667. The number of halogens is 1. The number of carbonyl (C=O) groups excluding carboxylic acids is 1. The van der Waals surface area contributed by atoms with E-state index in [0.717, 1.165) is 34.0 Å². The molecule has 1 fully saturated rings. The van der Waals surface area contributed by atoms with Crippen molar-refractivity contribution in [3.05, 3.63) is 20.8 Å². The molecule has 1 aliphatic carbocycles. The SMILES string of the molecule is COC(=O)CC1(CC(N)c2cc(C)c(Cl)s2)CCCC1. The van der Waals surface area contributed by atoms with Crippen molar-refractivity contribution in [3.8, 4) is 0 Å². The summed E-state index contributed by atoms with van der Waals surface area (Å²) in [5, 5.41) is 0. The lowest BCUT2D eigenvalue weighted by molar-refractivity contribution is -0.143. The first-order chi connectivity index (χ1) is 9.46. The van der Waals surface area contributed by atoms with Crippen molar-refractivity contribution in [3.63, 3.8) is 0 Å². The lowest BCUT2D eigenvalue weighted by Gasteiger charge is -2.30. The average Bonchev–Trinajstić information content (AvgIpc) is 2.98. The first kappa shape index (κ1) is 15.8. The number of nitrogens with two attached hydrogens (primary N) is 1. The van der Waals surface area contributed by atoms with Gasteiger partial charge in [0, 0.05) is 10.9 Å². The highest BCUT2D eigenvalue weighted by molar-refractivity contribution is 7.16. The fourth-order valence-electron chi connectivity index (χ4n) is 3.19. The Kier molecular flexibility index (Phi) is 5.10. The highest BCUT2D eigenvalue weighted by Crippen LogP contribution is 2.47. The molecule has 0 radical (unpaired) electrons. The molecule has 5 heteroatoms. The van der Waals surface area contributed by atoms with Crippen molar-refractivity contribution >= 4 is 28.9 Å². The normalized spacial score (nSPS) is 19.0. The van der Waals surface area contributed by atoms with Crippen molar-refractivity contribution in [1.82, 2.24) is 0 Å². The van der Waals surface area contributed by atoms with Crippen LogP contribution in [0.25, 0.3) is 0 Å². The number of aryl methyl sites for hydroxylation is 1. The summed E-state index contributed by atoms with van der Waals surface area (Å²) in [5.41, 5.74) is 7.45. The van der Waals surface area contributed by atoms with Crippen LogP contribution < -0.4 is 5.73 Å². The van der Waals surface area contributed by atoms with Gasteiger partial charge in [0.2, 0.25) is 0 Å². The van der Waals surface area contributed by atoms with Gasteiger partial charge in [0.25, 0.3) is 0 Å². The fourth-order valence-corrected chi connectivity index (χ4v) is 4.41. The number of ether oxygens (including phenoxy) is 1. The van der Waals surface area contributed by atoms with Gasteiger partial charge in [0.05, 0.1) is 17.9 Å². The number of hydrogen-bond acceptors (Lipinski definition) is 4. The van der Waals surface area contributed by atoms with E-state index in [9.17, 15) is 4.79 Å². The summed E-state index contributed by atoms with van der Waals surface area (Å²) in [6.07, 6.45) is 5.79. The van der Waals surface area contributed by atoms with E-state index in [1.54, 1.807) is 11.3 Å². The summed E-state index contributed by atoms with van der Waals surface area (Å²) in [4.78, 5) is 12.8. The minimum atomic E-state index is -0.125. The van der Waals surface area contributed by atoms with Crippen LogP contribution in [0.2, 0.25) is 4.34 Å². The van der Waals surface area contributed by atoms with Crippen LogP contribution in [0.5, 0.6) is 0 Å². The minimum Gasteiger partial charge on any atom is -0.469 e. The molecule has 0 bridgehead atoms. The number of thiophene rings is 1. The molecule has 2 rings (SSSR count). The molecule has 1 saturated carbocycles. The zero-order valence-electron chi connectivity index (χ0n) is 12.1. The minimum absolute atomic E-state index is 0.0108. The maximum atomic E-state index is 11.7. The number of esters is 1. The van der Waals surface area contributed by atoms with Crippen molar-refractivity contribution in [2.24, 2.45) is 11.1 Å². The zero-order valence-corrected chi connectivity index (χ0v) is 13.6. The van der Waals surface area contributed by atoms with Crippen molar-refractivity contribution < 1.29 is 9.53 Å². The Balaban J connectivity index is 2.09. The Bertz CT molecular complexity index is 461. The first-order valence-corrected chi connectivity index (χ1v) is 8.23. The van der Waals surface area contributed by atoms with Gasteiger partial charge >= 0.3 is 5.97 Å². The molecule has 3 nitrogen and oxygen atoms in total. The maximum absolute atomic E-state index is 11.7. The molecule has 0 aromatic carbocycles. The molecule has 112 valence electrons. The smallest absolute Gasteiger partial charge is 0.306 e. The number of methoxy groups -OCH3 is 1. The quantitative estimate of drug-likeness (QED) is 0.827. The van der Waals surface area contributed by atoms with Crippen LogP contribution in [-0.2, 0) is 9.53 Å². The van der Waals surface area contributed by atoms with Gasteiger partial charge in [-0.15, -0.1) is 11.3 Å². The summed E-state index contributed by atoms with van der Waals surface area (Å²) in [6, 6.07) is 2.02. The summed E-state index contributed by atoms with van der Waals surface area (Å²) >= 11 is 7.67. The van der Waals surface area contributed by atoms with Crippen LogP contribution in [0.15, 0.2) is 6.07 Å². The Morgan fingerprint density at radius 3 is 2.70 bits per heavy atom. The van der Waals surface area contributed by atoms with E-state index < -0.39 is 0 Å². The molecule has 0 aliphatic heterocycles. The van der Waals surface area contributed by atoms with Crippen LogP contribution >= 0.6 is 22.9 Å². The van der Waals surface area contributed by atoms with Gasteiger partial charge in [0.1, 0.15) is 0 Å². The van der Waals surface area contributed by atoms with Gasteiger partial charge in [0.15, 0.2) is 0 Å². The maximum Gasteiger partial charge on any atom is 0.306 e. The lowest BCUT2D eigenvalue weighted by atomic mass is 9.77. The molecular weight excluding hydrogens is 294 g/mol. The predicted molar refractivity (Wildman–Crippen MR) is 83.1 cm³/mol. The van der Waals surface area contributed by atoms with E-state index in [1.165, 1.54) is 20.0 Å². The zero-order chi connectivity index (χ0) is 14.8. The summed E-state index contributed by atoms with van der Waals surface area (Å²) < 4.78 is 5.66. The third kappa shape index (κ3) is 3.54. The van der Waals surface area contributed by atoms with E-state index in [1.807, 2.05) is 6.92 Å². The molecule has 0 amide bonds. The van der Waals surface area contributed by atoms with E-state index >= 15 is 0 Å². The Hall–Kier alpha value is -0.580. The number of carbonyl (C=O) groups is 1. The lowest BCUT2D eigenvalue weighted by Crippen LogP contribution is -2.27. The molecule has 1 aliphatic rings. The Morgan fingerprint density at radius 1 is 1.55 bits per heavy atom. The third-order valence-corrected chi connectivity index (χ3v) is 5.99. The first-order valence-electron chi connectivity index (χ1n) is 7.04. The van der Waals surface area contributed by atoms with E-state index in [4.69, 9.17) is 22.1 Å². The summed E-state index contributed by atoms with van der Waals surface area (Å²) in [7, 11) is 1.45. The molecule has 1 unspecified atom stereocenters. The standard InChI is InChI=1S/C15H22ClNO2S/c1-10-7-12(20-14(10)16)11(17)8-15(5-3-4-6-15)9-13(18)19-2/h7,11H,3-6,8-9,17H2,1-2H3. The van der Waals surface area contributed by atoms with Crippen LogP contribution in [0.1, 0.15) is 55.0 Å². The van der Waals surface area contributed by atoms with Gasteiger partial charge in [-0.05, 0) is 43.2 Å². The monoisotopic (exact) mass is 315 g/mol. The topological polar surface area (TPSA) is 52.3 Å². The van der Waals surface area contributed by atoms with Crippen LogP contribution in [0.4, 0.5) is 0 Å². The van der Waals surface area contributed by atoms with Gasteiger partial charge in [-0.1, -0.05) is 24.4 Å². The van der Waals surface area contributed by atoms with Crippen LogP contribution in [0.3, 0.4) is 0 Å². The highest BCUT2D eigenvalue weighted by atomic mass is 35.5. The van der Waals surface area contributed by atoms with Gasteiger partial charge in [-0.25, -0.2) is 0 Å². The second kappa shape index (κ2) is 6.46. The molecule has 0 saturated heterocycles. The molecule has 20 heavy (non-hydrogen) atoms. The Morgan fingerprint density at radius 2 is 2.20 bits per heavy atom. The number of hydrogen-bond donors (Lipinski definition) is 1. The van der Waals surface area contributed by atoms with Crippen LogP contribution in [0, 0.1) is 12.3 Å². The van der Waals surface area contributed by atoms with Crippen LogP contribution in [-0.4, -0.2) is 13.1 Å². The highest BCUT2D eigenvalue weighted by Gasteiger charge is 2.38. The Labute approximate surface area is 129 Å². The van der Waals surface area contributed by atoms with Gasteiger partial charge < -0.3 is 10.5 Å². The van der Waals surface area contributed by atoms with Gasteiger partial charge in [-0.3, -0.25) is 4.79 Å². The van der Waals surface area contributed by atoms with E-state index in [2.05, 4.69) is 6.07 Å². The van der Waals surface area contributed by atoms with Crippen molar-refractivity contribution in [1.29, 1.82) is 0 Å². The molecule has 1 aromatic rings. The molecular formula is C15H22ClNO2S. The molecule has 1 atom stereocenters. The molecule has 2 N–H and O–H groups in total. The van der Waals surface area contributed by atoms with E-state index in [-0.39, 0.29) is 17.4 Å². The second-order valence-electron chi connectivity index (χ2n) is 5.88.